The molecule has 3 aromatic rings. The van der Waals surface area contributed by atoms with Crippen molar-refractivity contribution < 1.29 is 8.42 Å². The molecule has 0 radical (unpaired) electrons. The van der Waals surface area contributed by atoms with Crippen molar-refractivity contribution in [3.63, 3.8) is 0 Å². The van der Waals surface area contributed by atoms with Crippen LogP contribution in [-0.4, -0.2) is 22.6 Å². The first-order valence-corrected chi connectivity index (χ1v) is 10.1. The Kier molecular flexibility index (Phi) is 4.87. The lowest BCUT2D eigenvalue weighted by Gasteiger charge is -2.12. The van der Waals surface area contributed by atoms with Crippen LogP contribution in [0, 0.1) is 0 Å². The number of hydrogen-bond donors (Lipinski definition) is 1. The molecule has 26 heavy (non-hydrogen) atoms. The second-order valence-corrected chi connectivity index (χ2v) is 8.76. The molecule has 2 N–H and O–H groups in total. The summed E-state index contributed by atoms with van der Waals surface area (Å²) in [6, 6.07) is 15.7. The van der Waals surface area contributed by atoms with Gasteiger partial charge in [0.25, 0.3) is 0 Å². The number of nitrogens with two attached hydrogens (primary N) is 1. The lowest BCUT2D eigenvalue weighted by atomic mass is 9.96. The lowest BCUT2D eigenvalue weighted by Crippen LogP contribution is -2.23. The number of imidazole rings is 1. The third-order valence-electron chi connectivity index (χ3n) is 4.29. The molecular weight excluding hydrogens is 346 g/mol. The topological polar surface area (TPSA) is 78.0 Å². The fourth-order valence-corrected chi connectivity index (χ4v) is 4.09. The minimum Gasteiger partial charge on any atom is -0.368 e. The highest BCUT2D eigenvalue weighted by Gasteiger charge is 2.24. The fourth-order valence-electron chi connectivity index (χ4n) is 2.94. The molecular formula is C20H23N3O2S. The van der Waals surface area contributed by atoms with Crippen LogP contribution >= 0.6 is 0 Å². The van der Waals surface area contributed by atoms with Gasteiger partial charge in [0, 0.05) is 0 Å². The molecule has 136 valence electrons. The van der Waals surface area contributed by atoms with Gasteiger partial charge in [0.1, 0.15) is 0 Å². The minimum atomic E-state index is -3.60. The number of rotatable bonds is 5. The minimum absolute atomic E-state index is 0.00779. The molecule has 3 rings (SSSR count). The summed E-state index contributed by atoms with van der Waals surface area (Å²) in [6.45, 7) is 5.35. The number of allylic oxidation sites excluding steroid dienone is 1. The van der Waals surface area contributed by atoms with Gasteiger partial charge in [0.15, 0.2) is 0 Å². The monoisotopic (exact) mass is 369 g/mol. The number of hydrogen-bond acceptors (Lipinski definition) is 4. The molecule has 1 aromatic heterocycles. The summed E-state index contributed by atoms with van der Waals surface area (Å²) in [5.41, 5.74) is 10.1. The van der Waals surface area contributed by atoms with Crippen LogP contribution in [0.2, 0.25) is 0 Å². The van der Waals surface area contributed by atoms with Gasteiger partial charge in [0.2, 0.25) is 16.0 Å². The molecule has 0 bridgehead atoms. The van der Waals surface area contributed by atoms with Crippen molar-refractivity contribution in [2.75, 3.05) is 5.73 Å². The largest absolute Gasteiger partial charge is 0.368 e. The van der Waals surface area contributed by atoms with Crippen molar-refractivity contribution >= 4 is 32.6 Å². The summed E-state index contributed by atoms with van der Waals surface area (Å²) < 4.78 is 26.6. The van der Waals surface area contributed by atoms with Crippen molar-refractivity contribution in [1.29, 1.82) is 0 Å². The summed E-state index contributed by atoms with van der Waals surface area (Å²) in [7, 11) is -3.60. The summed E-state index contributed by atoms with van der Waals surface area (Å²) in [5.74, 6) is -0.00779. The summed E-state index contributed by atoms with van der Waals surface area (Å²) in [4.78, 5) is 4.22. The van der Waals surface area contributed by atoms with Crippen molar-refractivity contribution in [3.8, 4) is 0 Å². The Morgan fingerprint density at radius 2 is 1.85 bits per heavy atom. The van der Waals surface area contributed by atoms with E-state index in [2.05, 4.69) is 18.0 Å². The van der Waals surface area contributed by atoms with Crippen molar-refractivity contribution in [2.45, 2.75) is 32.4 Å². The Morgan fingerprint density at radius 1 is 1.15 bits per heavy atom. The smallest absolute Gasteiger partial charge is 0.244 e. The highest BCUT2D eigenvalue weighted by molar-refractivity contribution is 7.90. The van der Waals surface area contributed by atoms with Crippen molar-refractivity contribution in [3.05, 3.63) is 65.7 Å². The highest BCUT2D eigenvalue weighted by Crippen LogP contribution is 2.29. The first-order chi connectivity index (χ1) is 12.4. The maximum absolute atomic E-state index is 12.7. The third-order valence-corrected chi connectivity index (χ3v) is 6.38. The Bertz CT molecular complexity index is 1070. The second kappa shape index (κ2) is 6.96. The quantitative estimate of drug-likeness (QED) is 0.736. The first kappa shape index (κ1) is 18.2. The molecule has 0 aliphatic rings. The van der Waals surface area contributed by atoms with Crippen LogP contribution in [0.1, 0.15) is 38.3 Å². The average Bonchev–Trinajstić information content (AvgIpc) is 2.95. The molecule has 0 unspecified atom stereocenters. The number of aromatic nitrogens is 2. The molecule has 2 aromatic carbocycles. The van der Waals surface area contributed by atoms with E-state index in [-0.39, 0.29) is 5.95 Å². The van der Waals surface area contributed by atoms with Crippen LogP contribution in [0.5, 0.6) is 0 Å². The van der Waals surface area contributed by atoms with Crippen LogP contribution in [0.4, 0.5) is 5.95 Å². The maximum Gasteiger partial charge on any atom is 0.244 e. The van der Waals surface area contributed by atoms with E-state index in [0.29, 0.717) is 11.0 Å². The zero-order chi connectivity index (χ0) is 18.9. The van der Waals surface area contributed by atoms with Gasteiger partial charge in [-0.2, -0.15) is 0 Å². The van der Waals surface area contributed by atoms with Crippen LogP contribution < -0.4 is 5.73 Å². The summed E-state index contributed by atoms with van der Waals surface area (Å²) >= 11 is 0. The molecule has 0 atom stereocenters. The Morgan fingerprint density at radius 3 is 2.46 bits per heavy atom. The van der Waals surface area contributed by atoms with E-state index >= 15 is 0 Å². The fraction of sp³-hybridized carbons (Fsp3) is 0.250. The molecule has 5 nitrogen and oxygen atoms in total. The van der Waals surface area contributed by atoms with Gasteiger partial charge < -0.3 is 5.73 Å². The number of nitrogen functional groups attached to an aromatic ring is 1. The summed E-state index contributed by atoms with van der Waals surface area (Å²) in [6.07, 6.45) is 3.01. The van der Waals surface area contributed by atoms with Crippen LogP contribution in [0.25, 0.3) is 16.6 Å². The van der Waals surface area contributed by atoms with Crippen molar-refractivity contribution in [1.82, 2.24) is 8.96 Å². The van der Waals surface area contributed by atoms with E-state index in [1.54, 1.807) is 13.8 Å². The number of benzene rings is 2. The number of anilines is 1. The molecule has 0 spiro atoms. The van der Waals surface area contributed by atoms with Gasteiger partial charge in [-0.1, -0.05) is 49.4 Å². The Balaban J connectivity index is 2.25. The van der Waals surface area contributed by atoms with Gasteiger partial charge >= 0.3 is 0 Å². The lowest BCUT2D eigenvalue weighted by molar-refractivity contribution is 0.580. The standard InChI is InChI=1S/C20H23N3O2S/c1-4-8-17(15-9-6-5-7-10-15)16-11-12-18-19(13-16)23(20(21)22-18)26(24,25)14(2)3/h5-14H,4H2,1-3H3,(H2,21,22)/b17-8+. The van der Waals surface area contributed by atoms with Gasteiger partial charge in [-0.15, -0.1) is 0 Å². The predicted molar refractivity (Wildman–Crippen MR) is 107 cm³/mol. The van der Waals surface area contributed by atoms with Gasteiger partial charge in [-0.05, 0) is 49.1 Å². The number of fused-ring (bicyclic) bond motifs is 1. The molecule has 0 aliphatic carbocycles. The normalized spacial score (nSPS) is 12.8. The van der Waals surface area contributed by atoms with E-state index in [1.807, 2.05) is 48.5 Å². The van der Waals surface area contributed by atoms with Crippen LogP contribution in [-0.2, 0) is 10.0 Å². The Hall–Kier alpha value is -2.60. The molecule has 0 fully saturated rings. The van der Waals surface area contributed by atoms with E-state index in [4.69, 9.17) is 5.73 Å². The summed E-state index contributed by atoms with van der Waals surface area (Å²) in [5, 5.41) is -0.592. The molecule has 1 heterocycles. The molecule has 6 heteroatoms. The second-order valence-electron chi connectivity index (χ2n) is 6.42. The van der Waals surface area contributed by atoms with Crippen molar-refractivity contribution in [2.24, 2.45) is 0 Å². The van der Waals surface area contributed by atoms with E-state index < -0.39 is 15.3 Å². The average molecular weight is 369 g/mol. The van der Waals surface area contributed by atoms with Gasteiger partial charge in [0.05, 0.1) is 16.3 Å². The highest BCUT2D eigenvalue weighted by atomic mass is 32.2. The van der Waals surface area contributed by atoms with Gasteiger partial charge in [-0.25, -0.2) is 17.4 Å². The van der Waals surface area contributed by atoms with E-state index in [1.165, 1.54) is 0 Å². The zero-order valence-electron chi connectivity index (χ0n) is 15.2. The SMILES string of the molecule is CC/C=C(\c1ccccc1)c1ccc2nc(N)n(S(=O)(=O)C(C)C)c2c1. The van der Waals surface area contributed by atoms with Crippen LogP contribution in [0.15, 0.2) is 54.6 Å². The predicted octanol–water partition coefficient (Wildman–Crippen LogP) is 4.05. The Labute approximate surface area is 154 Å². The molecule has 0 saturated heterocycles. The maximum atomic E-state index is 12.7. The van der Waals surface area contributed by atoms with Crippen LogP contribution in [0.3, 0.4) is 0 Å². The molecule has 0 amide bonds. The van der Waals surface area contributed by atoms with E-state index in [0.717, 1.165) is 27.1 Å². The van der Waals surface area contributed by atoms with Gasteiger partial charge in [-0.3, -0.25) is 0 Å². The zero-order valence-corrected chi connectivity index (χ0v) is 16.0. The molecule has 0 aliphatic heterocycles. The van der Waals surface area contributed by atoms with E-state index in [9.17, 15) is 8.42 Å². The number of nitrogens with zero attached hydrogens (tertiary/aromatic N) is 2. The third kappa shape index (κ3) is 3.12. The molecule has 0 saturated carbocycles. The first-order valence-electron chi connectivity index (χ1n) is 8.64.